The van der Waals surface area contributed by atoms with Gasteiger partial charge in [-0.1, -0.05) is 43.7 Å². The molecule has 1 nitrogen and oxygen atoms in total. The summed E-state index contributed by atoms with van der Waals surface area (Å²) in [4.78, 5) is 0. The van der Waals surface area contributed by atoms with Gasteiger partial charge in [0.1, 0.15) is 0 Å². The Morgan fingerprint density at radius 3 is 2.68 bits per heavy atom. The van der Waals surface area contributed by atoms with E-state index in [9.17, 15) is 0 Å². The van der Waals surface area contributed by atoms with Gasteiger partial charge in [0.2, 0.25) is 0 Å². The zero-order valence-electron chi connectivity index (χ0n) is 22.6. The summed E-state index contributed by atoms with van der Waals surface area (Å²) in [6.07, 6.45) is 21.4. The molecule has 4 fully saturated rings. The quantitative estimate of drug-likeness (QED) is 0.331. The molecule has 1 heteroatoms. The Morgan fingerprint density at radius 1 is 1.06 bits per heavy atom. The molecule has 0 radical (unpaired) electrons. The van der Waals surface area contributed by atoms with Crippen molar-refractivity contribution in [2.24, 2.45) is 46.3 Å². The first-order valence-electron chi connectivity index (χ1n) is 14.8. The fourth-order valence-corrected chi connectivity index (χ4v) is 9.92. The Bertz CT molecular complexity index is 880. The van der Waals surface area contributed by atoms with Crippen molar-refractivity contribution in [1.82, 2.24) is 0 Å². The normalized spacial score (nSPS) is 40.1. The fraction of sp³-hybridized carbons (Fsp3) is 0.758. The van der Waals surface area contributed by atoms with Crippen LogP contribution in [0.5, 0.6) is 0 Å². The van der Waals surface area contributed by atoms with Gasteiger partial charge < -0.3 is 5.73 Å². The molecule has 4 aliphatic rings. The maximum Gasteiger partial charge on any atom is 0.0346 e. The minimum atomic E-state index is 0.600. The molecule has 5 rings (SSSR count). The van der Waals surface area contributed by atoms with Crippen LogP contribution in [0.25, 0.3) is 0 Å². The SMILES string of the molecule is CC(C)=CCCC(C)C1CCC2C3CCC4CC(Cc5ccccc5N)CCC4(CCC12C)C3. The van der Waals surface area contributed by atoms with Crippen molar-refractivity contribution in [3.63, 3.8) is 0 Å². The molecule has 2 N–H and O–H groups in total. The first kappa shape index (κ1) is 24.5. The van der Waals surface area contributed by atoms with Crippen LogP contribution < -0.4 is 5.73 Å². The van der Waals surface area contributed by atoms with Crippen LogP contribution in [-0.2, 0) is 6.42 Å². The molecule has 1 aromatic rings. The number of para-hydroxylation sites is 1. The third-order valence-corrected chi connectivity index (χ3v) is 11.7. The second-order valence-corrected chi connectivity index (χ2v) is 13.8. The molecule has 0 aliphatic heterocycles. The van der Waals surface area contributed by atoms with E-state index in [-0.39, 0.29) is 0 Å². The molecule has 1 aromatic carbocycles. The van der Waals surface area contributed by atoms with Crippen LogP contribution in [0.4, 0.5) is 5.69 Å². The lowest BCUT2D eigenvalue weighted by Crippen LogP contribution is -2.42. The van der Waals surface area contributed by atoms with E-state index in [2.05, 4.69) is 58.0 Å². The van der Waals surface area contributed by atoms with Crippen molar-refractivity contribution in [2.75, 3.05) is 5.73 Å². The first-order chi connectivity index (χ1) is 16.3. The van der Waals surface area contributed by atoms with Crippen molar-refractivity contribution >= 4 is 5.69 Å². The van der Waals surface area contributed by atoms with Gasteiger partial charge in [0.15, 0.2) is 0 Å². The van der Waals surface area contributed by atoms with Gasteiger partial charge in [-0.15, -0.1) is 0 Å². The number of fused-ring (bicyclic) bond motifs is 3. The highest BCUT2D eigenvalue weighted by Crippen LogP contribution is 2.67. The third-order valence-electron chi connectivity index (χ3n) is 11.7. The number of nitrogens with two attached hydrogens (primary N) is 1. The average Bonchev–Trinajstić information content (AvgIpc) is 3.12. The number of hydrogen-bond acceptors (Lipinski definition) is 1. The van der Waals surface area contributed by atoms with E-state index in [1.165, 1.54) is 88.2 Å². The van der Waals surface area contributed by atoms with E-state index < -0.39 is 0 Å². The first-order valence-corrected chi connectivity index (χ1v) is 14.8. The van der Waals surface area contributed by atoms with Crippen molar-refractivity contribution < 1.29 is 0 Å². The summed E-state index contributed by atoms with van der Waals surface area (Å²) in [5.41, 5.74) is 11.5. The zero-order valence-corrected chi connectivity index (χ0v) is 22.6. The molecule has 1 spiro atoms. The van der Waals surface area contributed by atoms with Gasteiger partial charge in [0, 0.05) is 5.69 Å². The lowest BCUT2D eigenvalue weighted by molar-refractivity contribution is -0.0124. The number of hydrogen-bond donors (Lipinski definition) is 1. The fourth-order valence-electron chi connectivity index (χ4n) is 9.92. The van der Waals surface area contributed by atoms with Gasteiger partial charge in [0.25, 0.3) is 0 Å². The topological polar surface area (TPSA) is 26.0 Å². The molecule has 188 valence electrons. The van der Waals surface area contributed by atoms with Crippen LogP contribution in [-0.4, -0.2) is 0 Å². The maximum absolute atomic E-state index is 6.32. The van der Waals surface area contributed by atoms with E-state index in [0.717, 1.165) is 41.2 Å². The van der Waals surface area contributed by atoms with Gasteiger partial charge >= 0.3 is 0 Å². The average molecular weight is 462 g/mol. The third kappa shape index (κ3) is 4.51. The van der Waals surface area contributed by atoms with Crippen molar-refractivity contribution in [1.29, 1.82) is 0 Å². The van der Waals surface area contributed by atoms with Gasteiger partial charge in [-0.2, -0.15) is 0 Å². The molecule has 4 saturated carbocycles. The molecule has 8 atom stereocenters. The van der Waals surface area contributed by atoms with E-state index in [1.54, 1.807) is 6.42 Å². The molecule has 8 unspecified atom stereocenters. The summed E-state index contributed by atoms with van der Waals surface area (Å²) in [7, 11) is 0. The molecule has 4 aliphatic carbocycles. The molecule has 2 bridgehead atoms. The summed E-state index contributed by atoms with van der Waals surface area (Å²) in [6.45, 7) is 9.85. The maximum atomic E-state index is 6.32. The zero-order chi connectivity index (χ0) is 23.9. The molecule has 0 amide bonds. The number of allylic oxidation sites excluding steroid dienone is 2. The summed E-state index contributed by atoms with van der Waals surface area (Å²) < 4.78 is 0. The Hall–Kier alpha value is -1.24. The van der Waals surface area contributed by atoms with Gasteiger partial charge in [-0.05, 0) is 155 Å². The van der Waals surface area contributed by atoms with Crippen molar-refractivity contribution in [3.05, 3.63) is 41.5 Å². The summed E-state index contributed by atoms with van der Waals surface area (Å²) in [5, 5.41) is 0. The standard InChI is InChI=1S/C33H51N/c1-23(2)8-7-9-24(3)29-14-15-30-27-12-13-28-21-25(20-26-10-5-6-11-31(26)34)16-17-33(28,22-27)19-18-32(29,30)4/h5-6,8,10-11,24-25,27-30H,7,9,12-22,34H2,1-4H3. The Labute approximate surface area is 210 Å². The Balaban J connectivity index is 1.28. The highest BCUT2D eigenvalue weighted by molar-refractivity contribution is 5.46. The molecule has 34 heavy (non-hydrogen) atoms. The lowest BCUT2D eigenvalue weighted by Gasteiger charge is -2.52. The van der Waals surface area contributed by atoms with Crippen LogP contribution >= 0.6 is 0 Å². The summed E-state index contributed by atoms with van der Waals surface area (Å²) in [5.74, 6) is 5.67. The molecule has 0 aromatic heterocycles. The van der Waals surface area contributed by atoms with E-state index in [1.807, 2.05) is 0 Å². The van der Waals surface area contributed by atoms with Gasteiger partial charge in [-0.25, -0.2) is 0 Å². The Morgan fingerprint density at radius 2 is 1.88 bits per heavy atom. The van der Waals surface area contributed by atoms with Crippen LogP contribution in [0.15, 0.2) is 35.9 Å². The van der Waals surface area contributed by atoms with Crippen molar-refractivity contribution in [2.45, 2.75) is 111 Å². The largest absolute Gasteiger partial charge is 0.399 e. The van der Waals surface area contributed by atoms with Crippen molar-refractivity contribution in [3.8, 4) is 0 Å². The number of rotatable bonds is 6. The molecular weight excluding hydrogens is 410 g/mol. The smallest absolute Gasteiger partial charge is 0.0346 e. The van der Waals surface area contributed by atoms with E-state index in [4.69, 9.17) is 5.73 Å². The van der Waals surface area contributed by atoms with Gasteiger partial charge in [0.05, 0.1) is 0 Å². The van der Waals surface area contributed by atoms with E-state index >= 15 is 0 Å². The second kappa shape index (κ2) is 9.67. The monoisotopic (exact) mass is 461 g/mol. The van der Waals surface area contributed by atoms with Gasteiger partial charge in [-0.3, -0.25) is 0 Å². The summed E-state index contributed by atoms with van der Waals surface area (Å²) >= 11 is 0. The van der Waals surface area contributed by atoms with Crippen LogP contribution in [0.2, 0.25) is 0 Å². The number of benzene rings is 1. The minimum absolute atomic E-state index is 0.600. The predicted octanol–water partition coefficient (Wildman–Crippen LogP) is 9.22. The molecule has 0 saturated heterocycles. The van der Waals surface area contributed by atoms with Crippen LogP contribution in [0.3, 0.4) is 0 Å². The minimum Gasteiger partial charge on any atom is -0.399 e. The number of anilines is 1. The van der Waals surface area contributed by atoms with Crippen LogP contribution in [0, 0.1) is 46.3 Å². The second-order valence-electron chi connectivity index (χ2n) is 13.8. The number of nitrogen functional groups attached to an aromatic ring is 1. The molecule has 0 heterocycles. The highest BCUT2D eigenvalue weighted by atomic mass is 14.6. The Kier molecular flexibility index (Phi) is 6.95. The highest BCUT2D eigenvalue weighted by Gasteiger charge is 2.58. The summed E-state index contributed by atoms with van der Waals surface area (Å²) in [6, 6.07) is 8.60. The predicted molar refractivity (Wildman–Crippen MR) is 147 cm³/mol. The van der Waals surface area contributed by atoms with E-state index in [0.29, 0.717) is 10.8 Å². The lowest BCUT2D eigenvalue weighted by atomic mass is 9.53. The molecular formula is C33H51N. The van der Waals surface area contributed by atoms with Crippen LogP contribution in [0.1, 0.15) is 110 Å².